The number of aromatic amines is 1. The van der Waals surface area contributed by atoms with Gasteiger partial charge in [0.2, 0.25) is 0 Å². The zero-order valence-electron chi connectivity index (χ0n) is 24.6. The van der Waals surface area contributed by atoms with Crippen molar-refractivity contribution in [3.05, 3.63) is 118 Å². The predicted octanol–water partition coefficient (Wildman–Crippen LogP) is 4.95. The molecule has 0 fully saturated rings. The number of nitrogens with zero attached hydrogens (tertiary/aromatic N) is 8. The smallest absolute Gasteiger partial charge is 0.270 e. The lowest BCUT2D eigenvalue weighted by Crippen LogP contribution is -2.38. The molecule has 0 saturated heterocycles. The summed E-state index contributed by atoms with van der Waals surface area (Å²) in [5, 5.41) is 32.3. The fourth-order valence-corrected chi connectivity index (χ4v) is 5.33. The molecule has 0 aliphatic carbocycles. The summed E-state index contributed by atoms with van der Waals surface area (Å²) in [6.45, 7) is 1.44. The monoisotopic (exact) mass is 617 g/mol. The van der Waals surface area contributed by atoms with Crippen LogP contribution in [0.2, 0.25) is 0 Å². The number of nitrogens with one attached hydrogen (secondary N) is 1. The van der Waals surface area contributed by atoms with Gasteiger partial charge in [-0.15, -0.1) is 5.10 Å². The number of methoxy groups -OCH3 is 1. The van der Waals surface area contributed by atoms with Crippen molar-refractivity contribution in [3.8, 4) is 39.8 Å². The molecule has 0 bridgehead atoms. The highest BCUT2D eigenvalue weighted by atomic mass is 16.6. The van der Waals surface area contributed by atoms with Gasteiger partial charge in [-0.3, -0.25) is 24.7 Å². The van der Waals surface area contributed by atoms with Crippen molar-refractivity contribution in [1.29, 1.82) is 0 Å². The molecule has 1 aliphatic heterocycles. The van der Waals surface area contributed by atoms with Crippen LogP contribution < -0.4 is 9.47 Å². The van der Waals surface area contributed by atoms with E-state index in [0.29, 0.717) is 36.8 Å². The lowest BCUT2D eigenvalue weighted by atomic mass is 10.1. The van der Waals surface area contributed by atoms with Gasteiger partial charge in [0.1, 0.15) is 22.9 Å². The average molecular weight is 618 g/mol. The largest absolute Gasteiger partial charge is 0.497 e. The van der Waals surface area contributed by atoms with Crippen LogP contribution in [0.5, 0.6) is 17.2 Å². The Morgan fingerprint density at radius 3 is 2.59 bits per heavy atom. The number of nitro groups is 1. The number of rotatable bonds is 9. The first-order valence-electron chi connectivity index (χ1n) is 14.4. The van der Waals surface area contributed by atoms with Crippen molar-refractivity contribution in [3.63, 3.8) is 0 Å². The fourth-order valence-electron chi connectivity index (χ4n) is 5.33. The van der Waals surface area contributed by atoms with Crippen LogP contribution in [0.25, 0.3) is 22.5 Å². The Morgan fingerprint density at radius 1 is 1.00 bits per heavy atom. The summed E-state index contributed by atoms with van der Waals surface area (Å²) in [6, 6.07) is 22.7. The van der Waals surface area contributed by atoms with E-state index in [1.54, 1.807) is 47.2 Å². The first-order chi connectivity index (χ1) is 22.4. The molecule has 0 saturated carbocycles. The molecule has 3 aromatic carbocycles. The summed E-state index contributed by atoms with van der Waals surface area (Å²) in [6.07, 6.45) is 3.54. The summed E-state index contributed by atoms with van der Waals surface area (Å²) in [7, 11) is 1.56. The van der Waals surface area contributed by atoms with Crippen LogP contribution in [-0.2, 0) is 19.6 Å². The van der Waals surface area contributed by atoms with Crippen LogP contribution in [0.4, 0.5) is 5.69 Å². The Hall–Kier alpha value is -6.31. The maximum atomic E-state index is 13.9. The molecule has 230 valence electrons. The van der Waals surface area contributed by atoms with E-state index in [1.165, 1.54) is 18.2 Å². The van der Waals surface area contributed by atoms with Crippen LogP contribution in [0.15, 0.2) is 91.3 Å². The number of ether oxygens (including phenoxy) is 2. The topological polar surface area (TPSA) is 159 Å². The minimum absolute atomic E-state index is 0.0832. The van der Waals surface area contributed by atoms with Gasteiger partial charge in [-0.1, -0.05) is 35.5 Å². The molecule has 1 amide bonds. The summed E-state index contributed by atoms with van der Waals surface area (Å²) in [4.78, 5) is 26.6. The van der Waals surface area contributed by atoms with E-state index in [-0.39, 0.29) is 23.5 Å². The van der Waals surface area contributed by atoms with Gasteiger partial charge in [-0.2, -0.15) is 10.2 Å². The van der Waals surface area contributed by atoms with Crippen LogP contribution >= 0.6 is 0 Å². The molecule has 4 heterocycles. The molecule has 0 atom stereocenters. The van der Waals surface area contributed by atoms with E-state index >= 15 is 0 Å². The van der Waals surface area contributed by atoms with E-state index in [2.05, 4.69) is 25.6 Å². The van der Waals surface area contributed by atoms with Crippen molar-refractivity contribution >= 4 is 11.6 Å². The molecule has 7 rings (SSSR count). The van der Waals surface area contributed by atoms with Crippen LogP contribution in [-0.4, -0.2) is 64.4 Å². The lowest BCUT2D eigenvalue weighted by Gasteiger charge is -2.29. The van der Waals surface area contributed by atoms with Crippen molar-refractivity contribution in [1.82, 2.24) is 39.9 Å². The number of carbonyl (C=O) groups is 1. The minimum atomic E-state index is -0.535. The number of nitro benzene ring substituents is 1. The molecule has 1 aliphatic rings. The van der Waals surface area contributed by atoms with Crippen molar-refractivity contribution < 1.29 is 19.2 Å². The van der Waals surface area contributed by atoms with Crippen molar-refractivity contribution in [2.24, 2.45) is 0 Å². The molecular weight excluding hydrogens is 590 g/mol. The molecule has 14 heteroatoms. The van der Waals surface area contributed by atoms with Gasteiger partial charge in [0.05, 0.1) is 66.7 Å². The van der Waals surface area contributed by atoms with Gasteiger partial charge in [0, 0.05) is 29.8 Å². The number of hydrogen-bond donors (Lipinski definition) is 1. The fraction of sp³-hybridized carbons (Fsp3) is 0.156. The van der Waals surface area contributed by atoms with Crippen molar-refractivity contribution in [2.75, 3.05) is 13.7 Å². The predicted molar refractivity (Wildman–Crippen MR) is 165 cm³/mol. The third kappa shape index (κ3) is 5.66. The zero-order chi connectivity index (χ0) is 31.6. The molecule has 46 heavy (non-hydrogen) atoms. The van der Waals surface area contributed by atoms with Crippen molar-refractivity contribution in [2.45, 2.75) is 19.6 Å². The summed E-state index contributed by atoms with van der Waals surface area (Å²) in [5.74, 6) is 0.906. The molecular formula is C32H27N9O5. The Bertz CT molecular complexity index is 2030. The Kier molecular flexibility index (Phi) is 7.42. The molecule has 0 spiro atoms. The maximum Gasteiger partial charge on any atom is 0.270 e. The van der Waals surface area contributed by atoms with Gasteiger partial charge in [-0.25, -0.2) is 4.68 Å². The highest BCUT2D eigenvalue weighted by molar-refractivity contribution is 5.98. The van der Waals surface area contributed by atoms with Gasteiger partial charge in [0.25, 0.3) is 11.6 Å². The number of H-pyrrole nitrogens is 1. The minimum Gasteiger partial charge on any atom is -0.497 e. The molecule has 6 aromatic rings. The van der Waals surface area contributed by atoms with E-state index in [9.17, 15) is 14.9 Å². The number of hydrogen-bond acceptors (Lipinski definition) is 9. The van der Waals surface area contributed by atoms with E-state index in [1.807, 2.05) is 47.3 Å². The second kappa shape index (κ2) is 12.0. The second-order valence-electron chi connectivity index (χ2n) is 10.6. The molecule has 14 nitrogen and oxygen atoms in total. The van der Waals surface area contributed by atoms with E-state index < -0.39 is 10.8 Å². The normalized spacial score (nSPS) is 12.5. The van der Waals surface area contributed by atoms with Gasteiger partial charge >= 0.3 is 0 Å². The van der Waals surface area contributed by atoms with Gasteiger partial charge in [-0.05, 0) is 36.4 Å². The molecule has 1 N–H and O–H groups in total. The highest BCUT2D eigenvalue weighted by Crippen LogP contribution is 2.33. The van der Waals surface area contributed by atoms with Crippen LogP contribution in [0.3, 0.4) is 0 Å². The number of fused-ring (bicyclic) bond motifs is 1. The second-order valence-corrected chi connectivity index (χ2v) is 10.6. The SMILES string of the molecule is COc1ccc(Oc2ccc([N+](=O)[O-])cc2C(=O)N2CCn3ncc(-c4cn(Cc5cc(-c6ccccc6)n[nH]5)nn4)c3C2)cc1. The van der Waals surface area contributed by atoms with Crippen LogP contribution in [0.1, 0.15) is 21.7 Å². The standard InChI is InChI=1S/C32H27N9O5/c1-45-24-8-10-25(11-9-24)46-31-12-7-23(41(43)44)16-26(31)32(42)38-13-14-40-30(20-38)27(17-33-40)29-19-39(37-36-29)18-22-15-28(35-34-22)21-5-3-2-4-6-21/h2-12,15-17,19H,13-14,18,20H2,1H3,(H,34,35). The van der Waals surface area contributed by atoms with Gasteiger partial charge < -0.3 is 14.4 Å². The van der Waals surface area contributed by atoms with E-state index in [4.69, 9.17) is 9.47 Å². The first kappa shape index (κ1) is 28.5. The quantitative estimate of drug-likeness (QED) is 0.175. The zero-order valence-corrected chi connectivity index (χ0v) is 24.6. The number of carbonyl (C=O) groups excluding carboxylic acids is 1. The number of benzene rings is 3. The number of amides is 1. The Balaban J connectivity index is 1.11. The third-order valence-electron chi connectivity index (χ3n) is 7.70. The maximum absolute atomic E-state index is 13.9. The third-order valence-corrected chi connectivity index (χ3v) is 7.70. The lowest BCUT2D eigenvalue weighted by molar-refractivity contribution is -0.384. The first-order valence-corrected chi connectivity index (χ1v) is 14.4. The molecule has 0 unspecified atom stereocenters. The van der Waals surface area contributed by atoms with Gasteiger partial charge in [0.15, 0.2) is 0 Å². The number of aromatic nitrogens is 7. The van der Waals surface area contributed by atoms with Crippen LogP contribution in [0, 0.1) is 10.1 Å². The molecule has 0 radical (unpaired) electrons. The average Bonchev–Trinajstić information content (AvgIpc) is 3.85. The number of non-ortho nitro benzene ring substituents is 1. The highest BCUT2D eigenvalue weighted by Gasteiger charge is 2.29. The Morgan fingerprint density at radius 2 is 1.80 bits per heavy atom. The molecule has 3 aromatic heterocycles. The summed E-state index contributed by atoms with van der Waals surface area (Å²) >= 11 is 0. The summed E-state index contributed by atoms with van der Waals surface area (Å²) in [5.41, 5.74) is 4.73. The van der Waals surface area contributed by atoms with E-state index in [0.717, 1.165) is 28.2 Å². The summed E-state index contributed by atoms with van der Waals surface area (Å²) < 4.78 is 14.8. The Labute approximate surface area is 262 Å².